The predicted octanol–water partition coefficient (Wildman–Crippen LogP) is 3.53. The van der Waals surface area contributed by atoms with Gasteiger partial charge in [-0.15, -0.1) is 17.8 Å². The number of aliphatic carboxylic acids is 1. The van der Waals surface area contributed by atoms with E-state index in [1.807, 2.05) is 10.3 Å². The molecule has 0 saturated heterocycles. The van der Waals surface area contributed by atoms with Gasteiger partial charge in [0, 0.05) is 17.5 Å². The zero-order valence-corrected chi connectivity index (χ0v) is 14.1. The number of hydrogen-bond donors (Lipinski definition) is 1. The second-order valence-electron chi connectivity index (χ2n) is 5.39. The normalized spacial score (nSPS) is 11.7. The molecule has 1 unspecified atom stereocenters. The van der Waals surface area contributed by atoms with Crippen LogP contribution >= 0.6 is 11.3 Å². The number of benzene rings is 1. The quantitative estimate of drug-likeness (QED) is 0.790. The van der Waals surface area contributed by atoms with E-state index in [4.69, 9.17) is 11.5 Å². The molecule has 1 aromatic heterocycles. The van der Waals surface area contributed by atoms with E-state index in [9.17, 15) is 4.79 Å². The summed E-state index contributed by atoms with van der Waals surface area (Å²) in [7, 11) is 0. The van der Waals surface area contributed by atoms with Crippen molar-refractivity contribution in [2.75, 3.05) is 18.0 Å². The van der Waals surface area contributed by atoms with Gasteiger partial charge >= 0.3 is 5.97 Å². The van der Waals surface area contributed by atoms with E-state index >= 15 is 0 Å². The maximum atomic E-state index is 11.1. The summed E-state index contributed by atoms with van der Waals surface area (Å²) in [4.78, 5) is 17.5. The van der Waals surface area contributed by atoms with E-state index in [1.165, 1.54) is 16.9 Å². The first-order valence-corrected chi connectivity index (χ1v) is 8.39. The number of nitrogens with zero attached hydrogens (tertiary/aromatic N) is 2. The fourth-order valence-corrected chi connectivity index (χ4v) is 3.03. The highest BCUT2D eigenvalue weighted by Gasteiger charge is 2.18. The van der Waals surface area contributed by atoms with Crippen molar-refractivity contribution in [2.45, 2.75) is 20.3 Å². The molecule has 5 heteroatoms. The van der Waals surface area contributed by atoms with Gasteiger partial charge in [-0.25, -0.2) is 4.98 Å². The van der Waals surface area contributed by atoms with Gasteiger partial charge in [0.1, 0.15) is 0 Å². The third-order valence-electron chi connectivity index (χ3n) is 3.62. The number of hydrogen-bond acceptors (Lipinski definition) is 4. The Balaban J connectivity index is 2.20. The molecule has 23 heavy (non-hydrogen) atoms. The molecule has 0 radical (unpaired) electrons. The summed E-state index contributed by atoms with van der Waals surface area (Å²) in [6, 6.07) is 8.31. The standard InChI is InChI=1S/C18H20N2O2S/c1-4-10-20(11-13(3)17(21)22)18-19-16(12-23-18)15-8-6-14(5-2)7-9-15/h1,6-9,12-13H,5,10-11H2,2-3H3,(H,21,22). The van der Waals surface area contributed by atoms with E-state index in [1.54, 1.807) is 6.92 Å². The molecule has 0 saturated carbocycles. The van der Waals surface area contributed by atoms with Gasteiger partial charge in [0.05, 0.1) is 18.2 Å². The number of anilines is 1. The second-order valence-corrected chi connectivity index (χ2v) is 6.23. The summed E-state index contributed by atoms with van der Waals surface area (Å²) >= 11 is 1.48. The van der Waals surface area contributed by atoms with Gasteiger partial charge in [-0.05, 0) is 12.0 Å². The van der Waals surface area contributed by atoms with Crippen molar-refractivity contribution in [3.63, 3.8) is 0 Å². The van der Waals surface area contributed by atoms with E-state index in [0.717, 1.165) is 22.8 Å². The van der Waals surface area contributed by atoms with Gasteiger partial charge in [0.25, 0.3) is 0 Å². The molecule has 0 aliphatic carbocycles. The highest BCUT2D eigenvalue weighted by Crippen LogP contribution is 2.28. The third-order valence-corrected chi connectivity index (χ3v) is 4.52. The predicted molar refractivity (Wildman–Crippen MR) is 94.8 cm³/mol. The maximum absolute atomic E-state index is 11.1. The molecule has 0 aliphatic rings. The molecule has 1 aromatic carbocycles. The molecule has 0 amide bonds. The van der Waals surface area contributed by atoms with Crippen molar-refractivity contribution in [3.05, 3.63) is 35.2 Å². The Bertz CT molecular complexity index is 701. The van der Waals surface area contributed by atoms with Crippen molar-refractivity contribution < 1.29 is 9.90 Å². The number of terminal acetylenes is 1. The Morgan fingerprint density at radius 2 is 2.13 bits per heavy atom. The van der Waals surface area contributed by atoms with E-state index in [2.05, 4.69) is 42.1 Å². The summed E-state index contributed by atoms with van der Waals surface area (Å²) in [6.07, 6.45) is 6.41. The molecule has 0 aliphatic heterocycles. The number of carboxylic acids is 1. The van der Waals surface area contributed by atoms with E-state index < -0.39 is 11.9 Å². The Kier molecular flexibility index (Phi) is 5.78. The summed E-state index contributed by atoms with van der Waals surface area (Å²) in [6.45, 7) is 4.49. The van der Waals surface area contributed by atoms with Crippen LogP contribution in [0.1, 0.15) is 19.4 Å². The van der Waals surface area contributed by atoms with Gasteiger partial charge in [0.2, 0.25) is 0 Å². The summed E-state index contributed by atoms with van der Waals surface area (Å²) in [5.74, 6) is 1.24. The Labute approximate surface area is 140 Å². The van der Waals surface area contributed by atoms with Crippen molar-refractivity contribution in [2.24, 2.45) is 5.92 Å². The first-order valence-electron chi connectivity index (χ1n) is 7.51. The first-order chi connectivity index (χ1) is 11.0. The lowest BCUT2D eigenvalue weighted by Crippen LogP contribution is -2.32. The van der Waals surface area contributed by atoms with Crippen LogP contribution in [0.4, 0.5) is 5.13 Å². The van der Waals surface area contributed by atoms with Crippen LogP contribution in [0.5, 0.6) is 0 Å². The number of carboxylic acid groups (broad SMARTS) is 1. The van der Waals surface area contributed by atoms with Crippen LogP contribution in [0.2, 0.25) is 0 Å². The van der Waals surface area contributed by atoms with Crippen molar-refractivity contribution >= 4 is 22.4 Å². The average Bonchev–Trinajstić information content (AvgIpc) is 3.04. The molecular weight excluding hydrogens is 308 g/mol. The molecule has 1 N–H and O–H groups in total. The highest BCUT2D eigenvalue weighted by molar-refractivity contribution is 7.14. The van der Waals surface area contributed by atoms with Gasteiger partial charge in [-0.3, -0.25) is 4.79 Å². The molecule has 0 fully saturated rings. The molecule has 1 heterocycles. The minimum absolute atomic E-state index is 0.347. The maximum Gasteiger partial charge on any atom is 0.308 e. The van der Waals surface area contributed by atoms with Crippen LogP contribution in [0, 0.1) is 18.3 Å². The fraction of sp³-hybridized carbons (Fsp3) is 0.333. The second kappa shape index (κ2) is 7.80. The zero-order chi connectivity index (χ0) is 16.8. The number of carbonyl (C=O) groups is 1. The Morgan fingerprint density at radius 3 is 2.70 bits per heavy atom. The minimum Gasteiger partial charge on any atom is -0.481 e. The Hall–Kier alpha value is -2.32. The highest BCUT2D eigenvalue weighted by atomic mass is 32.1. The Morgan fingerprint density at radius 1 is 1.43 bits per heavy atom. The largest absolute Gasteiger partial charge is 0.481 e. The van der Waals surface area contributed by atoms with Crippen LogP contribution in [0.25, 0.3) is 11.3 Å². The third kappa shape index (κ3) is 4.33. The van der Waals surface area contributed by atoms with Crippen molar-refractivity contribution in [3.8, 4) is 23.6 Å². The van der Waals surface area contributed by atoms with Crippen LogP contribution in [-0.4, -0.2) is 29.1 Å². The molecule has 2 rings (SSSR count). The van der Waals surface area contributed by atoms with Gasteiger partial charge < -0.3 is 10.0 Å². The van der Waals surface area contributed by atoms with Crippen LogP contribution in [0.15, 0.2) is 29.6 Å². The summed E-state index contributed by atoms with van der Waals surface area (Å²) < 4.78 is 0. The van der Waals surface area contributed by atoms with Gasteiger partial charge in [-0.1, -0.05) is 44.0 Å². The molecule has 0 bridgehead atoms. The topological polar surface area (TPSA) is 53.4 Å². The SMILES string of the molecule is C#CCN(CC(C)C(=O)O)c1nc(-c2ccc(CC)cc2)cs1. The van der Waals surface area contributed by atoms with E-state index in [-0.39, 0.29) is 0 Å². The zero-order valence-electron chi connectivity index (χ0n) is 13.3. The number of aromatic nitrogens is 1. The van der Waals surface area contributed by atoms with Crippen LogP contribution in [0.3, 0.4) is 0 Å². The minimum atomic E-state index is -0.834. The molecular formula is C18H20N2O2S. The first kappa shape index (κ1) is 17.0. The number of thiazole rings is 1. The number of aryl methyl sites for hydroxylation is 1. The van der Waals surface area contributed by atoms with Gasteiger partial charge in [0.15, 0.2) is 5.13 Å². The summed E-state index contributed by atoms with van der Waals surface area (Å²) in [5.41, 5.74) is 3.22. The summed E-state index contributed by atoms with van der Waals surface area (Å²) in [5, 5.41) is 11.8. The molecule has 120 valence electrons. The molecule has 4 nitrogen and oxygen atoms in total. The van der Waals surface area contributed by atoms with Crippen molar-refractivity contribution in [1.29, 1.82) is 0 Å². The lowest BCUT2D eigenvalue weighted by Gasteiger charge is -2.21. The van der Waals surface area contributed by atoms with Crippen molar-refractivity contribution in [1.82, 2.24) is 4.98 Å². The number of rotatable bonds is 7. The monoisotopic (exact) mass is 328 g/mol. The van der Waals surface area contributed by atoms with E-state index in [0.29, 0.717) is 13.1 Å². The molecule has 0 spiro atoms. The lowest BCUT2D eigenvalue weighted by atomic mass is 10.1. The fourth-order valence-electron chi connectivity index (χ4n) is 2.18. The molecule has 1 atom stereocenters. The van der Waals surface area contributed by atoms with Crippen LogP contribution < -0.4 is 4.90 Å². The van der Waals surface area contributed by atoms with Gasteiger partial charge in [-0.2, -0.15) is 0 Å². The smallest absolute Gasteiger partial charge is 0.308 e. The van der Waals surface area contributed by atoms with Crippen LogP contribution in [-0.2, 0) is 11.2 Å². The average molecular weight is 328 g/mol. The molecule has 2 aromatic rings. The lowest BCUT2D eigenvalue weighted by molar-refractivity contribution is -0.140.